The molecule has 1 saturated heterocycles. The van der Waals surface area contributed by atoms with Crippen LogP contribution in [-0.2, 0) is 16.2 Å². The molecule has 4 rings (SSSR count). The Kier molecular flexibility index (Phi) is 6.25. The smallest absolute Gasteiger partial charge is 0.335 e. The summed E-state index contributed by atoms with van der Waals surface area (Å²) in [7, 11) is 0. The number of nitrogens with one attached hydrogen (secondary N) is 1. The number of barbiturate groups is 1. The number of ether oxygens (including phenoxy) is 1. The number of carbonyl (C=O) groups is 3. The molecule has 0 bridgehead atoms. The first-order chi connectivity index (χ1) is 15.4. The normalized spacial score (nSPS) is 15.1. The molecule has 4 amide bonds. The van der Waals surface area contributed by atoms with Gasteiger partial charge in [0.15, 0.2) is 0 Å². The Morgan fingerprint density at radius 3 is 2.38 bits per heavy atom. The van der Waals surface area contributed by atoms with Gasteiger partial charge in [-0.25, -0.2) is 9.69 Å². The molecule has 0 aliphatic carbocycles. The van der Waals surface area contributed by atoms with Crippen LogP contribution >= 0.6 is 23.2 Å². The molecule has 1 fully saturated rings. The van der Waals surface area contributed by atoms with E-state index >= 15 is 0 Å². The van der Waals surface area contributed by atoms with Crippen molar-refractivity contribution >= 4 is 52.8 Å². The van der Waals surface area contributed by atoms with Crippen molar-refractivity contribution in [1.82, 2.24) is 5.32 Å². The number of hydrogen-bond donors (Lipinski definition) is 1. The van der Waals surface area contributed by atoms with Gasteiger partial charge in [0.25, 0.3) is 11.8 Å². The zero-order valence-corrected chi connectivity index (χ0v) is 18.1. The molecule has 32 heavy (non-hydrogen) atoms. The van der Waals surface area contributed by atoms with E-state index in [4.69, 9.17) is 27.9 Å². The predicted molar refractivity (Wildman–Crippen MR) is 123 cm³/mol. The zero-order chi connectivity index (χ0) is 22.7. The Bertz CT molecular complexity index is 1240. The van der Waals surface area contributed by atoms with Gasteiger partial charge in [0.05, 0.1) is 5.69 Å². The van der Waals surface area contributed by atoms with Crippen LogP contribution in [-0.4, -0.2) is 17.8 Å². The highest BCUT2D eigenvalue weighted by molar-refractivity contribution is 6.39. The number of rotatable bonds is 5. The summed E-state index contributed by atoms with van der Waals surface area (Å²) in [6.07, 6.45) is 1.36. The van der Waals surface area contributed by atoms with Crippen molar-refractivity contribution in [3.8, 4) is 5.75 Å². The summed E-state index contributed by atoms with van der Waals surface area (Å²) in [5.74, 6) is -1.17. The molecule has 3 aromatic carbocycles. The number of hydrogen-bond acceptors (Lipinski definition) is 4. The van der Waals surface area contributed by atoms with Gasteiger partial charge >= 0.3 is 6.03 Å². The van der Waals surface area contributed by atoms with E-state index < -0.39 is 17.8 Å². The molecule has 1 aliphatic rings. The molecule has 0 unspecified atom stereocenters. The van der Waals surface area contributed by atoms with Gasteiger partial charge in [-0.15, -0.1) is 0 Å². The molecule has 0 saturated carbocycles. The van der Waals surface area contributed by atoms with Gasteiger partial charge in [-0.05, 0) is 48.0 Å². The fourth-order valence-corrected chi connectivity index (χ4v) is 3.53. The highest BCUT2D eigenvalue weighted by Crippen LogP contribution is 2.29. The SMILES string of the molecule is O=C1NC(=O)N(c2cccc(Cl)c2)C(=O)/C1=C/c1cc(Cl)ccc1OCc1ccccc1. The average Bonchev–Trinajstić information content (AvgIpc) is 2.77. The number of urea groups is 1. The third-order valence-electron chi connectivity index (χ3n) is 4.68. The van der Waals surface area contributed by atoms with Crippen LogP contribution in [0.1, 0.15) is 11.1 Å². The van der Waals surface area contributed by atoms with Crippen molar-refractivity contribution in [1.29, 1.82) is 0 Å². The molecule has 160 valence electrons. The molecule has 1 aliphatic heterocycles. The molecule has 0 aromatic heterocycles. The summed E-state index contributed by atoms with van der Waals surface area (Å²) >= 11 is 12.1. The van der Waals surface area contributed by atoms with E-state index in [9.17, 15) is 14.4 Å². The van der Waals surface area contributed by atoms with Crippen LogP contribution in [0.25, 0.3) is 6.08 Å². The van der Waals surface area contributed by atoms with Gasteiger partial charge in [-0.1, -0.05) is 59.6 Å². The molecule has 3 aromatic rings. The van der Waals surface area contributed by atoms with Gasteiger partial charge in [-0.2, -0.15) is 0 Å². The van der Waals surface area contributed by atoms with E-state index in [0.29, 0.717) is 21.4 Å². The van der Waals surface area contributed by atoms with Crippen LogP contribution < -0.4 is 15.0 Å². The predicted octanol–water partition coefficient (Wildman–Crippen LogP) is 5.24. The molecule has 0 spiro atoms. The topological polar surface area (TPSA) is 75.7 Å². The maximum absolute atomic E-state index is 13.1. The molecule has 6 nitrogen and oxygen atoms in total. The Balaban J connectivity index is 1.68. The minimum Gasteiger partial charge on any atom is -0.488 e. The molecule has 1 heterocycles. The first-order valence-corrected chi connectivity index (χ1v) is 10.3. The lowest BCUT2D eigenvalue weighted by atomic mass is 10.1. The summed E-state index contributed by atoms with van der Waals surface area (Å²) in [4.78, 5) is 38.8. The lowest BCUT2D eigenvalue weighted by Crippen LogP contribution is -2.54. The van der Waals surface area contributed by atoms with Crippen LogP contribution in [0.3, 0.4) is 0 Å². The second kappa shape index (κ2) is 9.26. The van der Waals surface area contributed by atoms with Crippen LogP contribution in [0.2, 0.25) is 10.0 Å². The van der Waals surface area contributed by atoms with Crippen molar-refractivity contribution in [2.45, 2.75) is 6.61 Å². The summed E-state index contributed by atoms with van der Waals surface area (Å²) in [5, 5.41) is 2.92. The number of nitrogens with zero attached hydrogens (tertiary/aromatic N) is 1. The standard InChI is InChI=1S/C24H16Cl2N2O4/c25-17-7-4-8-19(13-17)28-23(30)20(22(29)27-24(28)31)12-16-11-18(26)9-10-21(16)32-14-15-5-2-1-3-6-15/h1-13H,14H2,(H,27,29,31)/b20-12+. The van der Waals surface area contributed by atoms with Crippen molar-refractivity contribution in [3.63, 3.8) is 0 Å². The Labute approximate surface area is 194 Å². The second-order valence-corrected chi connectivity index (χ2v) is 7.77. The van der Waals surface area contributed by atoms with Crippen molar-refractivity contribution < 1.29 is 19.1 Å². The van der Waals surface area contributed by atoms with Gasteiger partial charge in [-0.3, -0.25) is 14.9 Å². The van der Waals surface area contributed by atoms with Gasteiger partial charge in [0.2, 0.25) is 0 Å². The van der Waals surface area contributed by atoms with Crippen molar-refractivity contribution in [2.75, 3.05) is 4.90 Å². The molecule has 0 radical (unpaired) electrons. The molecule has 0 atom stereocenters. The monoisotopic (exact) mass is 466 g/mol. The number of carbonyl (C=O) groups excluding carboxylic acids is 3. The highest BCUT2D eigenvalue weighted by atomic mass is 35.5. The third-order valence-corrected chi connectivity index (χ3v) is 5.15. The van der Waals surface area contributed by atoms with Gasteiger partial charge < -0.3 is 4.74 Å². The summed E-state index contributed by atoms with van der Waals surface area (Å²) in [5.41, 5.74) is 1.37. The van der Waals surface area contributed by atoms with E-state index in [2.05, 4.69) is 5.32 Å². The minimum absolute atomic E-state index is 0.239. The second-order valence-electron chi connectivity index (χ2n) is 6.89. The fourth-order valence-electron chi connectivity index (χ4n) is 3.16. The fraction of sp³-hybridized carbons (Fsp3) is 0.0417. The molecular weight excluding hydrogens is 451 g/mol. The van der Waals surface area contributed by atoms with Crippen LogP contribution in [0.5, 0.6) is 5.75 Å². The number of imide groups is 2. The van der Waals surface area contributed by atoms with E-state index in [1.807, 2.05) is 30.3 Å². The Morgan fingerprint density at radius 1 is 0.875 bits per heavy atom. The Morgan fingerprint density at radius 2 is 1.62 bits per heavy atom. The quantitative estimate of drug-likeness (QED) is 0.412. The summed E-state index contributed by atoms with van der Waals surface area (Å²) in [6.45, 7) is 0.284. The van der Waals surface area contributed by atoms with Gasteiger partial charge in [0.1, 0.15) is 17.9 Å². The summed E-state index contributed by atoms with van der Waals surface area (Å²) < 4.78 is 5.89. The maximum atomic E-state index is 13.1. The van der Waals surface area contributed by atoms with E-state index in [1.54, 1.807) is 36.4 Å². The van der Waals surface area contributed by atoms with Crippen molar-refractivity contribution in [3.05, 3.63) is 99.5 Å². The number of amides is 4. The lowest BCUT2D eigenvalue weighted by Gasteiger charge is -2.26. The van der Waals surface area contributed by atoms with Gasteiger partial charge in [0, 0.05) is 15.6 Å². The first-order valence-electron chi connectivity index (χ1n) is 9.55. The van der Waals surface area contributed by atoms with E-state index in [-0.39, 0.29) is 17.9 Å². The van der Waals surface area contributed by atoms with Crippen LogP contribution in [0.15, 0.2) is 78.4 Å². The maximum Gasteiger partial charge on any atom is 0.335 e. The van der Waals surface area contributed by atoms with Crippen LogP contribution in [0.4, 0.5) is 10.5 Å². The van der Waals surface area contributed by atoms with E-state index in [0.717, 1.165) is 10.5 Å². The minimum atomic E-state index is -0.855. The van der Waals surface area contributed by atoms with Crippen LogP contribution in [0, 0.1) is 0 Å². The number of halogens is 2. The molecule has 1 N–H and O–H groups in total. The number of benzene rings is 3. The molecular formula is C24H16Cl2N2O4. The van der Waals surface area contributed by atoms with E-state index in [1.165, 1.54) is 12.1 Å². The average molecular weight is 467 g/mol. The van der Waals surface area contributed by atoms with Crippen molar-refractivity contribution in [2.24, 2.45) is 0 Å². The largest absolute Gasteiger partial charge is 0.488 e. The third kappa shape index (κ3) is 4.66. The summed E-state index contributed by atoms with van der Waals surface area (Å²) in [6, 6.07) is 19.8. The molecule has 8 heteroatoms. The first kappa shape index (κ1) is 21.6. The number of anilines is 1. The zero-order valence-electron chi connectivity index (χ0n) is 16.5. The Hall–Kier alpha value is -3.61. The highest BCUT2D eigenvalue weighted by Gasteiger charge is 2.37. The lowest BCUT2D eigenvalue weighted by molar-refractivity contribution is -0.122.